The smallest absolute Gasteiger partial charge is 0.141 e. The predicted molar refractivity (Wildman–Crippen MR) is 70.5 cm³/mol. The maximum Gasteiger partial charge on any atom is 0.141 e. The standard InChI is InChI=1S/C13H20N4/c1-2-3-8-17(10-4-5-10)11-6-7-12(13(14)15)16-9-11/h6-7,9-10H,2-5,8H2,1H3,(H3,14,15). The van der Waals surface area contributed by atoms with Crippen LogP contribution in [0.15, 0.2) is 18.3 Å². The number of pyridine rings is 1. The highest BCUT2D eigenvalue weighted by atomic mass is 15.2. The van der Waals surface area contributed by atoms with Gasteiger partial charge in [0.25, 0.3) is 0 Å². The van der Waals surface area contributed by atoms with E-state index in [4.69, 9.17) is 11.1 Å². The Morgan fingerprint density at radius 2 is 2.29 bits per heavy atom. The van der Waals surface area contributed by atoms with E-state index in [9.17, 15) is 0 Å². The maximum absolute atomic E-state index is 7.32. The lowest BCUT2D eigenvalue weighted by atomic mass is 10.2. The van der Waals surface area contributed by atoms with Crippen LogP contribution in [0.25, 0.3) is 0 Å². The molecule has 17 heavy (non-hydrogen) atoms. The van der Waals surface area contributed by atoms with Crippen LogP contribution in [0.3, 0.4) is 0 Å². The summed E-state index contributed by atoms with van der Waals surface area (Å²) in [4.78, 5) is 6.66. The Balaban J connectivity index is 2.09. The highest BCUT2D eigenvalue weighted by Gasteiger charge is 2.28. The van der Waals surface area contributed by atoms with E-state index in [-0.39, 0.29) is 5.84 Å². The number of anilines is 1. The third kappa shape index (κ3) is 2.96. The molecule has 0 aromatic carbocycles. The molecular weight excluding hydrogens is 212 g/mol. The van der Waals surface area contributed by atoms with Gasteiger partial charge in [0.1, 0.15) is 11.5 Å². The summed E-state index contributed by atoms with van der Waals surface area (Å²) in [6, 6.07) is 4.56. The summed E-state index contributed by atoms with van der Waals surface area (Å²) >= 11 is 0. The second-order valence-corrected chi connectivity index (χ2v) is 4.59. The minimum atomic E-state index is 0.0306. The number of hydrogen-bond donors (Lipinski definition) is 2. The van der Waals surface area contributed by atoms with Crippen LogP contribution in [0.1, 0.15) is 38.3 Å². The molecule has 0 atom stereocenters. The molecule has 0 radical (unpaired) electrons. The summed E-state index contributed by atoms with van der Waals surface area (Å²) in [7, 11) is 0. The van der Waals surface area contributed by atoms with Crippen molar-refractivity contribution in [1.29, 1.82) is 5.41 Å². The first-order valence-electron chi connectivity index (χ1n) is 6.29. The average Bonchev–Trinajstić information content (AvgIpc) is 3.14. The van der Waals surface area contributed by atoms with Gasteiger partial charge in [-0.3, -0.25) is 10.4 Å². The molecule has 1 aromatic heterocycles. The fourth-order valence-corrected chi connectivity index (χ4v) is 1.95. The molecule has 4 nitrogen and oxygen atoms in total. The highest BCUT2D eigenvalue weighted by Crippen LogP contribution is 2.31. The van der Waals surface area contributed by atoms with Crippen LogP contribution in [0.5, 0.6) is 0 Å². The highest BCUT2D eigenvalue weighted by molar-refractivity contribution is 5.93. The van der Waals surface area contributed by atoms with Crippen LogP contribution in [0.2, 0.25) is 0 Å². The van der Waals surface area contributed by atoms with Crippen molar-refractivity contribution in [3.05, 3.63) is 24.0 Å². The van der Waals surface area contributed by atoms with Crippen molar-refractivity contribution in [2.75, 3.05) is 11.4 Å². The summed E-state index contributed by atoms with van der Waals surface area (Å²) in [6.45, 7) is 3.31. The number of hydrogen-bond acceptors (Lipinski definition) is 3. The van der Waals surface area contributed by atoms with Gasteiger partial charge in [0.05, 0.1) is 11.9 Å². The van der Waals surface area contributed by atoms with Crippen LogP contribution in [-0.4, -0.2) is 23.4 Å². The van der Waals surface area contributed by atoms with Gasteiger partial charge in [-0.15, -0.1) is 0 Å². The van der Waals surface area contributed by atoms with Gasteiger partial charge >= 0.3 is 0 Å². The van der Waals surface area contributed by atoms with Crippen LogP contribution in [-0.2, 0) is 0 Å². The molecule has 1 heterocycles. The first-order chi connectivity index (χ1) is 8.22. The Labute approximate surface area is 102 Å². The van der Waals surface area contributed by atoms with Crippen LogP contribution in [0.4, 0.5) is 5.69 Å². The summed E-state index contributed by atoms with van der Waals surface area (Å²) in [5.41, 5.74) is 7.11. The molecular formula is C13H20N4. The first kappa shape index (κ1) is 11.9. The minimum absolute atomic E-state index is 0.0306. The van der Waals surface area contributed by atoms with Crippen molar-refractivity contribution in [1.82, 2.24) is 4.98 Å². The van der Waals surface area contributed by atoms with E-state index in [0.717, 1.165) is 12.2 Å². The molecule has 1 aromatic rings. The molecule has 92 valence electrons. The third-order valence-corrected chi connectivity index (χ3v) is 3.10. The fourth-order valence-electron chi connectivity index (χ4n) is 1.95. The normalized spacial score (nSPS) is 14.6. The second-order valence-electron chi connectivity index (χ2n) is 4.59. The Morgan fingerprint density at radius 3 is 2.76 bits per heavy atom. The Morgan fingerprint density at radius 1 is 1.53 bits per heavy atom. The van der Waals surface area contributed by atoms with Crippen LogP contribution >= 0.6 is 0 Å². The van der Waals surface area contributed by atoms with Crippen LogP contribution in [0, 0.1) is 5.41 Å². The molecule has 1 aliphatic carbocycles. The molecule has 0 unspecified atom stereocenters. The Hall–Kier alpha value is -1.58. The van der Waals surface area contributed by atoms with Crippen molar-refractivity contribution in [3.8, 4) is 0 Å². The lowest BCUT2D eigenvalue weighted by molar-refractivity contribution is 0.712. The minimum Gasteiger partial charge on any atom is -0.382 e. The molecule has 0 spiro atoms. The first-order valence-corrected chi connectivity index (χ1v) is 6.29. The molecule has 1 fully saturated rings. The molecule has 4 heteroatoms. The summed E-state index contributed by atoms with van der Waals surface area (Å²) in [6.07, 6.45) is 6.84. The average molecular weight is 232 g/mol. The molecule has 0 aliphatic heterocycles. The molecule has 3 N–H and O–H groups in total. The number of nitrogens with two attached hydrogens (primary N) is 1. The van der Waals surface area contributed by atoms with Crippen molar-refractivity contribution < 1.29 is 0 Å². The lowest BCUT2D eigenvalue weighted by Crippen LogP contribution is -2.27. The van der Waals surface area contributed by atoms with Crippen molar-refractivity contribution in [2.24, 2.45) is 5.73 Å². The van der Waals surface area contributed by atoms with E-state index < -0.39 is 0 Å². The fraction of sp³-hybridized carbons (Fsp3) is 0.538. The van der Waals surface area contributed by atoms with Gasteiger partial charge in [-0.05, 0) is 31.4 Å². The van der Waals surface area contributed by atoms with Crippen molar-refractivity contribution in [3.63, 3.8) is 0 Å². The van der Waals surface area contributed by atoms with Gasteiger partial charge in [-0.25, -0.2) is 0 Å². The van der Waals surface area contributed by atoms with Crippen molar-refractivity contribution >= 4 is 11.5 Å². The maximum atomic E-state index is 7.32. The molecule has 2 rings (SSSR count). The number of unbranched alkanes of at least 4 members (excludes halogenated alkanes) is 1. The van der Waals surface area contributed by atoms with Gasteiger partial charge in [0.2, 0.25) is 0 Å². The number of nitrogen functional groups attached to an aromatic ring is 1. The van der Waals surface area contributed by atoms with E-state index in [2.05, 4.69) is 16.8 Å². The third-order valence-electron chi connectivity index (χ3n) is 3.10. The topological polar surface area (TPSA) is 66.0 Å². The zero-order chi connectivity index (χ0) is 12.3. The Bertz CT molecular complexity index is 381. The summed E-state index contributed by atoms with van der Waals surface area (Å²) < 4.78 is 0. The molecule has 0 amide bonds. The van der Waals surface area contributed by atoms with Gasteiger partial charge in [-0.1, -0.05) is 13.3 Å². The summed E-state index contributed by atoms with van der Waals surface area (Å²) in [5.74, 6) is 0.0306. The number of nitrogens with one attached hydrogen (secondary N) is 1. The lowest BCUT2D eigenvalue weighted by Gasteiger charge is -2.24. The monoisotopic (exact) mass is 232 g/mol. The van der Waals surface area contributed by atoms with Gasteiger partial charge in [0.15, 0.2) is 0 Å². The van der Waals surface area contributed by atoms with E-state index in [1.807, 2.05) is 18.3 Å². The van der Waals surface area contributed by atoms with E-state index in [1.54, 1.807) is 0 Å². The number of amidine groups is 1. The zero-order valence-electron chi connectivity index (χ0n) is 10.3. The van der Waals surface area contributed by atoms with Gasteiger partial charge in [0, 0.05) is 12.6 Å². The second kappa shape index (κ2) is 5.17. The predicted octanol–water partition coefficient (Wildman–Crippen LogP) is 2.13. The van der Waals surface area contributed by atoms with Gasteiger partial charge in [-0.2, -0.15) is 0 Å². The number of nitrogens with zero attached hydrogens (tertiary/aromatic N) is 2. The van der Waals surface area contributed by atoms with E-state index >= 15 is 0 Å². The molecule has 0 saturated heterocycles. The number of aromatic nitrogens is 1. The molecule has 1 saturated carbocycles. The van der Waals surface area contributed by atoms with Crippen LogP contribution < -0.4 is 10.6 Å². The quantitative estimate of drug-likeness (QED) is 0.583. The van der Waals surface area contributed by atoms with Crippen molar-refractivity contribution in [2.45, 2.75) is 38.6 Å². The SMILES string of the molecule is CCCCN(c1ccc(C(=N)N)nc1)C1CC1. The summed E-state index contributed by atoms with van der Waals surface area (Å²) in [5, 5.41) is 7.32. The van der Waals surface area contributed by atoms with E-state index in [1.165, 1.54) is 25.7 Å². The Kier molecular flexibility index (Phi) is 3.61. The van der Waals surface area contributed by atoms with E-state index in [0.29, 0.717) is 11.7 Å². The largest absolute Gasteiger partial charge is 0.382 e. The number of rotatable bonds is 6. The zero-order valence-corrected chi connectivity index (χ0v) is 10.3. The molecule has 0 bridgehead atoms. The van der Waals surface area contributed by atoms with Gasteiger partial charge < -0.3 is 10.6 Å². The molecule has 1 aliphatic rings.